The normalized spacial score (nSPS) is 21.1. The van der Waals surface area contributed by atoms with Gasteiger partial charge in [0.1, 0.15) is 0 Å². The van der Waals surface area contributed by atoms with Crippen LogP contribution in [0.25, 0.3) is 0 Å². The van der Waals surface area contributed by atoms with Crippen molar-refractivity contribution in [2.45, 2.75) is 24.3 Å². The first-order chi connectivity index (χ1) is 9.20. The number of carboxylic acid groups (broad SMARTS) is 1. The maximum atomic E-state index is 10.5. The SMILES string of the molecule is Cc1ccc(S(=O)(=O)O)cc1.NC1C=CC(C(=O)O)C1. The van der Waals surface area contributed by atoms with Gasteiger partial charge in [-0.05, 0) is 25.5 Å². The first kappa shape index (κ1) is 16.4. The second kappa shape index (κ2) is 6.65. The van der Waals surface area contributed by atoms with Crippen LogP contribution >= 0.6 is 0 Å². The van der Waals surface area contributed by atoms with E-state index in [2.05, 4.69) is 0 Å². The Kier molecular flexibility index (Phi) is 5.43. The molecule has 0 aromatic heterocycles. The molecule has 1 aliphatic carbocycles. The molecule has 0 amide bonds. The number of hydrogen-bond acceptors (Lipinski definition) is 4. The number of aliphatic carboxylic acids is 1. The van der Waals surface area contributed by atoms with Gasteiger partial charge in [-0.3, -0.25) is 9.35 Å². The van der Waals surface area contributed by atoms with E-state index in [1.54, 1.807) is 24.3 Å². The molecule has 110 valence electrons. The van der Waals surface area contributed by atoms with Crippen molar-refractivity contribution in [2.75, 3.05) is 0 Å². The van der Waals surface area contributed by atoms with Crippen LogP contribution in [0.4, 0.5) is 0 Å². The number of nitrogens with two attached hydrogens (primary N) is 1. The fraction of sp³-hybridized carbons (Fsp3) is 0.308. The summed E-state index contributed by atoms with van der Waals surface area (Å²) in [6.45, 7) is 1.84. The van der Waals surface area contributed by atoms with E-state index >= 15 is 0 Å². The van der Waals surface area contributed by atoms with Gasteiger partial charge in [0, 0.05) is 6.04 Å². The molecule has 0 aliphatic heterocycles. The minimum Gasteiger partial charge on any atom is -0.481 e. The van der Waals surface area contributed by atoms with Gasteiger partial charge in [0.25, 0.3) is 10.1 Å². The molecule has 2 atom stereocenters. The summed E-state index contributed by atoms with van der Waals surface area (Å²) in [7, 11) is -4.02. The Bertz CT molecular complexity index is 592. The van der Waals surface area contributed by atoms with Crippen LogP contribution in [0.1, 0.15) is 12.0 Å². The predicted octanol–water partition coefficient (Wildman–Crippen LogP) is 1.22. The molecule has 0 saturated carbocycles. The number of aryl methyl sites for hydroxylation is 1. The van der Waals surface area contributed by atoms with E-state index in [1.165, 1.54) is 12.1 Å². The minimum atomic E-state index is -4.02. The fourth-order valence-electron chi connectivity index (χ4n) is 1.62. The second-order valence-corrected chi connectivity index (χ2v) is 5.94. The van der Waals surface area contributed by atoms with E-state index in [9.17, 15) is 13.2 Å². The van der Waals surface area contributed by atoms with Crippen molar-refractivity contribution in [3.8, 4) is 0 Å². The van der Waals surface area contributed by atoms with E-state index in [4.69, 9.17) is 15.4 Å². The maximum Gasteiger partial charge on any atom is 0.310 e. The number of carbonyl (C=O) groups is 1. The smallest absolute Gasteiger partial charge is 0.310 e. The summed E-state index contributed by atoms with van der Waals surface area (Å²) >= 11 is 0. The van der Waals surface area contributed by atoms with E-state index in [-0.39, 0.29) is 16.9 Å². The third-order valence-electron chi connectivity index (χ3n) is 2.75. The lowest BCUT2D eigenvalue weighted by atomic mass is 10.1. The van der Waals surface area contributed by atoms with E-state index in [0.717, 1.165) is 5.56 Å². The zero-order chi connectivity index (χ0) is 15.3. The highest BCUT2D eigenvalue weighted by Crippen LogP contribution is 2.15. The quantitative estimate of drug-likeness (QED) is 0.558. The average Bonchev–Trinajstić information content (AvgIpc) is 2.76. The van der Waals surface area contributed by atoms with Crippen molar-refractivity contribution in [1.82, 2.24) is 0 Å². The van der Waals surface area contributed by atoms with Gasteiger partial charge in [0.05, 0.1) is 10.8 Å². The highest BCUT2D eigenvalue weighted by Gasteiger charge is 2.21. The van der Waals surface area contributed by atoms with Gasteiger partial charge < -0.3 is 10.8 Å². The monoisotopic (exact) mass is 299 g/mol. The van der Waals surface area contributed by atoms with Crippen LogP contribution in [0.15, 0.2) is 41.3 Å². The van der Waals surface area contributed by atoms with Gasteiger partial charge in [0.2, 0.25) is 0 Å². The van der Waals surface area contributed by atoms with Gasteiger partial charge in [-0.25, -0.2) is 0 Å². The third-order valence-corrected chi connectivity index (χ3v) is 3.62. The van der Waals surface area contributed by atoms with Gasteiger partial charge >= 0.3 is 5.97 Å². The van der Waals surface area contributed by atoms with E-state index in [0.29, 0.717) is 6.42 Å². The zero-order valence-electron chi connectivity index (χ0n) is 10.9. The lowest BCUT2D eigenvalue weighted by Crippen LogP contribution is -2.18. The van der Waals surface area contributed by atoms with Crippen LogP contribution in [0.2, 0.25) is 0 Å². The van der Waals surface area contributed by atoms with Crippen molar-refractivity contribution in [1.29, 1.82) is 0 Å². The highest BCUT2D eigenvalue weighted by atomic mass is 32.2. The summed E-state index contributed by atoms with van der Waals surface area (Å²) < 4.78 is 29.6. The highest BCUT2D eigenvalue weighted by molar-refractivity contribution is 7.85. The topological polar surface area (TPSA) is 118 Å². The summed E-state index contributed by atoms with van der Waals surface area (Å²) in [6, 6.07) is 5.94. The van der Waals surface area contributed by atoms with Crippen molar-refractivity contribution >= 4 is 16.1 Å². The summed E-state index contributed by atoms with van der Waals surface area (Å²) in [6.07, 6.45) is 3.93. The minimum absolute atomic E-state index is 0.0499. The van der Waals surface area contributed by atoms with Crippen LogP contribution < -0.4 is 5.73 Å². The summed E-state index contributed by atoms with van der Waals surface area (Å²) in [5.41, 5.74) is 6.37. The van der Waals surface area contributed by atoms with Crippen molar-refractivity contribution < 1.29 is 22.9 Å². The average molecular weight is 299 g/mol. The number of carboxylic acids is 1. The first-order valence-electron chi connectivity index (χ1n) is 5.91. The van der Waals surface area contributed by atoms with Crippen molar-refractivity contribution in [3.05, 3.63) is 42.0 Å². The summed E-state index contributed by atoms with van der Waals surface area (Å²) in [5, 5.41) is 8.42. The van der Waals surface area contributed by atoms with Crippen LogP contribution in [0, 0.1) is 12.8 Å². The lowest BCUT2D eigenvalue weighted by molar-refractivity contribution is -0.140. The van der Waals surface area contributed by atoms with Gasteiger partial charge in [0.15, 0.2) is 0 Å². The van der Waals surface area contributed by atoms with E-state index < -0.39 is 16.1 Å². The Labute approximate surface area is 117 Å². The van der Waals surface area contributed by atoms with Gasteiger partial charge in [-0.1, -0.05) is 29.8 Å². The molecule has 0 heterocycles. The van der Waals surface area contributed by atoms with E-state index in [1.807, 2.05) is 6.92 Å². The standard InChI is InChI=1S/C7H8O3S.C6H9NO2/c1-6-2-4-7(5-3-6)11(8,9)10;7-5-2-1-4(3-5)6(8)9/h2-5H,1H3,(H,8,9,10);1-2,4-5H,3,7H2,(H,8,9). The molecule has 7 heteroatoms. The van der Waals surface area contributed by atoms with Crippen LogP contribution in [0.3, 0.4) is 0 Å². The molecule has 6 nitrogen and oxygen atoms in total. The molecule has 20 heavy (non-hydrogen) atoms. The number of hydrogen-bond donors (Lipinski definition) is 3. The van der Waals surface area contributed by atoms with Crippen LogP contribution in [0.5, 0.6) is 0 Å². The number of benzene rings is 1. The van der Waals surface area contributed by atoms with Gasteiger partial charge in [-0.15, -0.1) is 0 Å². The Morgan fingerprint density at radius 3 is 2.10 bits per heavy atom. The third kappa shape index (κ3) is 5.12. The molecule has 1 aromatic rings. The van der Waals surface area contributed by atoms with Crippen molar-refractivity contribution in [2.24, 2.45) is 11.7 Å². The van der Waals surface area contributed by atoms with Crippen LogP contribution in [-0.4, -0.2) is 30.1 Å². The zero-order valence-corrected chi connectivity index (χ0v) is 11.7. The molecule has 1 aliphatic rings. The molecule has 2 unspecified atom stereocenters. The molecule has 2 rings (SSSR count). The molecule has 0 radical (unpaired) electrons. The first-order valence-corrected chi connectivity index (χ1v) is 7.35. The molecule has 4 N–H and O–H groups in total. The molecule has 0 fully saturated rings. The molecule has 1 aromatic carbocycles. The molecule has 0 bridgehead atoms. The number of rotatable bonds is 2. The Morgan fingerprint density at radius 1 is 1.25 bits per heavy atom. The molecule has 0 spiro atoms. The second-order valence-electron chi connectivity index (χ2n) is 4.52. The largest absolute Gasteiger partial charge is 0.481 e. The lowest BCUT2D eigenvalue weighted by Gasteiger charge is -2.00. The predicted molar refractivity (Wildman–Crippen MR) is 73.9 cm³/mol. The molecular weight excluding hydrogens is 282 g/mol. The van der Waals surface area contributed by atoms with Gasteiger partial charge in [-0.2, -0.15) is 8.42 Å². The molecule has 0 saturated heterocycles. The Balaban J connectivity index is 0.000000204. The summed E-state index contributed by atoms with van der Waals surface area (Å²) in [5.74, 6) is -1.13. The fourth-order valence-corrected chi connectivity index (χ4v) is 2.10. The van der Waals surface area contributed by atoms with Crippen LogP contribution in [-0.2, 0) is 14.9 Å². The maximum absolute atomic E-state index is 10.5. The molecular formula is C13H17NO5S. The van der Waals surface area contributed by atoms with Crippen molar-refractivity contribution in [3.63, 3.8) is 0 Å². The Morgan fingerprint density at radius 2 is 1.80 bits per heavy atom. The Hall–Kier alpha value is -1.70. The summed E-state index contributed by atoms with van der Waals surface area (Å²) in [4.78, 5) is 10.2.